The molecule has 1 aromatic rings. The molecule has 0 unspecified atom stereocenters. The van der Waals surface area contributed by atoms with E-state index < -0.39 is 5.43 Å². The maximum Gasteiger partial charge on any atom is 0.404 e. The second kappa shape index (κ2) is 4.33. The van der Waals surface area contributed by atoms with E-state index in [1.807, 2.05) is 0 Å². The van der Waals surface area contributed by atoms with Crippen LogP contribution in [0.15, 0.2) is 24.3 Å². The van der Waals surface area contributed by atoms with Gasteiger partial charge in [0.2, 0.25) is 0 Å². The molecule has 0 aromatic heterocycles. The van der Waals surface area contributed by atoms with Crippen LogP contribution in [-0.4, -0.2) is 5.43 Å². The van der Waals surface area contributed by atoms with Gasteiger partial charge in [0.05, 0.1) is 0 Å². The number of carbonyl (C=O) groups is 1. The summed E-state index contributed by atoms with van der Waals surface area (Å²) in [5, 5.41) is 0.649. The molecule has 0 aliphatic rings. The van der Waals surface area contributed by atoms with Crippen LogP contribution < -0.4 is 0 Å². The summed E-state index contributed by atoms with van der Waals surface area (Å²) in [5.74, 6) is 0. The standard InChI is InChI=1S/C8H6Cl2O2/c9-7-3-1-6(2-4-7)5-12-8(10)11/h1-4H,5H2. The van der Waals surface area contributed by atoms with Crippen molar-refractivity contribution in [2.75, 3.05) is 0 Å². The van der Waals surface area contributed by atoms with Crippen LogP contribution in [-0.2, 0) is 11.3 Å². The fourth-order valence-electron chi connectivity index (χ4n) is 0.721. The van der Waals surface area contributed by atoms with E-state index in [9.17, 15) is 4.79 Å². The van der Waals surface area contributed by atoms with Crippen LogP contribution in [0.2, 0.25) is 5.02 Å². The van der Waals surface area contributed by atoms with E-state index >= 15 is 0 Å². The minimum atomic E-state index is -0.801. The van der Waals surface area contributed by atoms with Crippen LogP contribution in [0.1, 0.15) is 5.56 Å². The SMILES string of the molecule is O=C(Cl)OCc1ccc(Cl)cc1. The van der Waals surface area contributed by atoms with Gasteiger partial charge in [-0.3, -0.25) is 0 Å². The van der Waals surface area contributed by atoms with Crippen molar-refractivity contribution in [3.8, 4) is 0 Å². The highest BCUT2D eigenvalue weighted by atomic mass is 35.5. The lowest BCUT2D eigenvalue weighted by Crippen LogP contribution is -1.93. The maximum atomic E-state index is 10.2. The lowest BCUT2D eigenvalue weighted by molar-refractivity contribution is 0.167. The van der Waals surface area contributed by atoms with Crippen LogP contribution in [0, 0.1) is 0 Å². The largest absolute Gasteiger partial charge is 0.449 e. The first-order chi connectivity index (χ1) is 5.68. The normalized spacial score (nSPS) is 9.50. The molecule has 1 aromatic carbocycles. The fraction of sp³-hybridized carbons (Fsp3) is 0.125. The third-order valence-electron chi connectivity index (χ3n) is 1.27. The Morgan fingerprint density at radius 3 is 2.42 bits per heavy atom. The Kier molecular flexibility index (Phi) is 3.38. The van der Waals surface area contributed by atoms with E-state index in [2.05, 4.69) is 4.74 Å². The molecule has 4 heteroatoms. The predicted octanol–water partition coefficient (Wildman–Crippen LogP) is 3.22. The molecule has 0 atom stereocenters. The minimum Gasteiger partial charge on any atom is -0.449 e. The molecule has 0 aliphatic carbocycles. The lowest BCUT2D eigenvalue weighted by Gasteiger charge is -1.99. The number of carbonyl (C=O) groups excluding carboxylic acids is 1. The summed E-state index contributed by atoms with van der Waals surface area (Å²) in [4.78, 5) is 10.2. The molecule has 0 fully saturated rings. The summed E-state index contributed by atoms with van der Waals surface area (Å²) >= 11 is 10.6. The van der Waals surface area contributed by atoms with Gasteiger partial charge >= 0.3 is 5.43 Å². The summed E-state index contributed by atoms with van der Waals surface area (Å²) in [5.41, 5.74) is 0.0540. The van der Waals surface area contributed by atoms with Crippen molar-refractivity contribution in [1.29, 1.82) is 0 Å². The van der Waals surface area contributed by atoms with Crippen LogP contribution in [0.4, 0.5) is 4.79 Å². The van der Waals surface area contributed by atoms with Crippen molar-refractivity contribution in [2.45, 2.75) is 6.61 Å². The van der Waals surface area contributed by atoms with Crippen molar-refractivity contribution in [3.63, 3.8) is 0 Å². The van der Waals surface area contributed by atoms with Crippen molar-refractivity contribution in [2.24, 2.45) is 0 Å². The van der Waals surface area contributed by atoms with Gasteiger partial charge in [0.25, 0.3) is 0 Å². The number of rotatable bonds is 2. The van der Waals surface area contributed by atoms with Crippen LogP contribution in [0.5, 0.6) is 0 Å². The first-order valence-corrected chi connectivity index (χ1v) is 4.01. The van der Waals surface area contributed by atoms with Crippen molar-refractivity contribution < 1.29 is 9.53 Å². The number of benzene rings is 1. The summed E-state index contributed by atoms with van der Waals surface area (Å²) in [7, 11) is 0. The quantitative estimate of drug-likeness (QED) is 0.692. The molecule has 2 nitrogen and oxygen atoms in total. The molecule has 0 heterocycles. The Morgan fingerprint density at radius 1 is 1.33 bits per heavy atom. The number of hydrogen-bond acceptors (Lipinski definition) is 2. The monoisotopic (exact) mass is 204 g/mol. The van der Waals surface area contributed by atoms with Gasteiger partial charge in [-0.05, 0) is 17.7 Å². The number of hydrogen-bond donors (Lipinski definition) is 0. The molecule has 0 radical (unpaired) electrons. The molecular formula is C8H6Cl2O2. The van der Waals surface area contributed by atoms with Gasteiger partial charge in [-0.1, -0.05) is 23.7 Å². The maximum absolute atomic E-state index is 10.2. The molecule has 12 heavy (non-hydrogen) atoms. The number of halogens is 2. The van der Waals surface area contributed by atoms with Crippen molar-refractivity contribution in [3.05, 3.63) is 34.9 Å². The topological polar surface area (TPSA) is 26.3 Å². The Balaban J connectivity index is 2.53. The Morgan fingerprint density at radius 2 is 1.92 bits per heavy atom. The first-order valence-electron chi connectivity index (χ1n) is 3.25. The Bertz CT molecular complexity index is 269. The Labute approximate surface area is 80.0 Å². The second-order valence-corrected chi connectivity index (χ2v) is 2.90. The summed E-state index contributed by atoms with van der Waals surface area (Å²) in [6, 6.07) is 6.97. The zero-order chi connectivity index (χ0) is 8.97. The molecule has 0 bridgehead atoms. The predicted molar refractivity (Wildman–Crippen MR) is 47.5 cm³/mol. The summed E-state index contributed by atoms with van der Waals surface area (Å²) < 4.78 is 4.55. The molecule has 64 valence electrons. The van der Waals surface area contributed by atoms with Gasteiger partial charge in [-0.2, -0.15) is 0 Å². The zero-order valence-corrected chi connectivity index (χ0v) is 7.60. The second-order valence-electron chi connectivity index (χ2n) is 2.15. The van der Waals surface area contributed by atoms with Gasteiger partial charge < -0.3 is 4.74 Å². The van der Waals surface area contributed by atoms with Crippen LogP contribution in [0.25, 0.3) is 0 Å². The van der Waals surface area contributed by atoms with E-state index in [4.69, 9.17) is 23.2 Å². The van der Waals surface area contributed by atoms with Gasteiger partial charge in [-0.15, -0.1) is 0 Å². The summed E-state index contributed by atoms with van der Waals surface area (Å²) in [6.45, 7) is 0.180. The molecule has 0 N–H and O–H groups in total. The highest BCUT2D eigenvalue weighted by molar-refractivity contribution is 6.61. The van der Waals surface area contributed by atoms with E-state index in [-0.39, 0.29) is 6.61 Å². The molecule has 0 spiro atoms. The van der Waals surface area contributed by atoms with Crippen LogP contribution in [0.3, 0.4) is 0 Å². The molecule has 0 aliphatic heterocycles. The average molecular weight is 205 g/mol. The molecule has 0 saturated heterocycles. The average Bonchev–Trinajstić information content (AvgIpc) is 2.03. The van der Waals surface area contributed by atoms with E-state index in [0.717, 1.165) is 5.56 Å². The smallest absolute Gasteiger partial charge is 0.404 e. The fourth-order valence-corrected chi connectivity index (χ4v) is 0.901. The first kappa shape index (κ1) is 9.36. The van der Waals surface area contributed by atoms with Crippen molar-refractivity contribution >= 4 is 28.6 Å². The van der Waals surface area contributed by atoms with Crippen LogP contribution >= 0.6 is 23.2 Å². The van der Waals surface area contributed by atoms with E-state index in [1.54, 1.807) is 24.3 Å². The molecule has 0 saturated carbocycles. The highest BCUT2D eigenvalue weighted by Crippen LogP contribution is 2.10. The van der Waals surface area contributed by atoms with Gasteiger partial charge in [0.15, 0.2) is 0 Å². The lowest BCUT2D eigenvalue weighted by atomic mass is 10.2. The summed E-state index contributed by atoms with van der Waals surface area (Å²) in [6.07, 6.45) is 0. The zero-order valence-electron chi connectivity index (χ0n) is 6.09. The van der Waals surface area contributed by atoms with E-state index in [0.29, 0.717) is 5.02 Å². The van der Waals surface area contributed by atoms with Gasteiger partial charge in [-0.25, -0.2) is 4.79 Å². The molecule has 0 amide bonds. The molecule has 1 rings (SSSR count). The highest BCUT2D eigenvalue weighted by Gasteiger charge is 1.97. The molecular weight excluding hydrogens is 199 g/mol. The minimum absolute atomic E-state index is 0.180. The van der Waals surface area contributed by atoms with E-state index in [1.165, 1.54) is 0 Å². The van der Waals surface area contributed by atoms with Gasteiger partial charge in [0.1, 0.15) is 6.61 Å². The van der Waals surface area contributed by atoms with Crippen molar-refractivity contribution in [1.82, 2.24) is 0 Å². The third kappa shape index (κ3) is 3.11. The number of ether oxygens (including phenoxy) is 1. The Hall–Kier alpha value is -0.730. The third-order valence-corrected chi connectivity index (χ3v) is 1.63. The van der Waals surface area contributed by atoms with Gasteiger partial charge in [0, 0.05) is 16.6 Å².